The molecule has 6 nitrogen and oxygen atoms in total. The van der Waals surface area contributed by atoms with Gasteiger partial charge in [0, 0.05) is 22.2 Å². The maximum absolute atomic E-state index is 12.8. The molecule has 3 rings (SSSR count). The average molecular weight is 343 g/mol. The molecular formula is C17H17N3O3S. The van der Waals surface area contributed by atoms with Gasteiger partial charge in [0.05, 0.1) is 5.69 Å². The van der Waals surface area contributed by atoms with Crippen LogP contribution in [0.1, 0.15) is 39.0 Å². The van der Waals surface area contributed by atoms with Crippen molar-refractivity contribution < 1.29 is 14.3 Å². The molecule has 0 aliphatic heterocycles. The number of ether oxygens (including phenoxy) is 1. The Morgan fingerprint density at radius 3 is 2.62 bits per heavy atom. The summed E-state index contributed by atoms with van der Waals surface area (Å²) in [6.45, 7) is 5.07. The normalized spacial score (nSPS) is 12.3. The Hall–Kier alpha value is -2.67. The minimum absolute atomic E-state index is 0.232. The zero-order valence-electron chi connectivity index (χ0n) is 13.5. The van der Waals surface area contributed by atoms with Crippen LogP contribution in [0, 0.1) is 13.8 Å². The van der Waals surface area contributed by atoms with Gasteiger partial charge in [0.2, 0.25) is 5.78 Å². The number of rotatable bonds is 4. The van der Waals surface area contributed by atoms with E-state index in [9.17, 15) is 9.59 Å². The number of esters is 1. The summed E-state index contributed by atoms with van der Waals surface area (Å²) in [5, 5.41) is 1.11. The van der Waals surface area contributed by atoms with Gasteiger partial charge in [0.1, 0.15) is 10.6 Å². The number of carbonyl (C=O) groups is 2. The van der Waals surface area contributed by atoms with E-state index in [0.717, 1.165) is 28.1 Å². The molecular weight excluding hydrogens is 326 g/mol. The second-order valence-corrected chi connectivity index (χ2v) is 6.39. The Morgan fingerprint density at radius 1 is 1.25 bits per heavy atom. The molecule has 124 valence electrons. The maximum Gasteiger partial charge on any atom is 0.343 e. The van der Waals surface area contributed by atoms with E-state index in [2.05, 4.69) is 9.36 Å². The van der Waals surface area contributed by atoms with Crippen molar-refractivity contribution in [3.8, 4) is 0 Å². The van der Waals surface area contributed by atoms with Crippen LogP contribution < -0.4 is 5.73 Å². The predicted octanol–water partition coefficient (Wildman–Crippen LogP) is 3.25. The van der Waals surface area contributed by atoms with E-state index in [-0.39, 0.29) is 11.3 Å². The van der Waals surface area contributed by atoms with E-state index in [1.54, 1.807) is 13.8 Å². The molecule has 3 aromatic rings. The van der Waals surface area contributed by atoms with Gasteiger partial charge in [-0.3, -0.25) is 4.79 Å². The second-order valence-electron chi connectivity index (χ2n) is 5.59. The van der Waals surface area contributed by atoms with Crippen molar-refractivity contribution in [1.29, 1.82) is 0 Å². The van der Waals surface area contributed by atoms with Crippen LogP contribution in [0.2, 0.25) is 0 Å². The maximum atomic E-state index is 12.8. The number of aromatic nitrogens is 2. The number of nitrogen functional groups attached to an aromatic ring is 1. The van der Waals surface area contributed by atoms with Gasteiger partial charge >= 0.3 is 5.97 Å². The molecule has 0 aliphatic carbocycles. The molecule has 0 aliphatic rings. The summed E-state index contributed by atoms with van der Waals surface area (Å²) in [7, 11) is 0. The summed E-state index contributed by atoms with van der Waals surface area (Å²) >= 11 is 1.03. The summed E-state index contributed by atoms with van der Waals surface area (Å²) in [4.78, 5) is 28.2. The van der Waals surface area contributed by atoms with Gasteiger partial charge in [-0.1, -0.05) is 18.2 Å². The smallest absolute Gasteiger partial charge is 0.343 e. The van der Waals surface area contributed by atoms with Gasteiger partial charge in [-0.15, -0.1) is 0 Å². The van der Waals surface area contributed by atoms with Crippen molar-refractivity contribution in [1.82, 2.24) is 9.36 Å². The molecule has 0 saturated heterocycles. The van der Waals surface area contributed by atoms with E-state index in [4.69, 9.17) is 10.5 Å². The molecule has 0 spiro atoms. The summed E-state index contributed by atoms with van der Waals surface area (Å²) in [6.07, 6.45) is -0.922. The number of nitrogens with zero attached hydrogens (tertiary/aromatic N) is 1. The Labute approximate surface area is 142 Å². The van der Waals surface area contributed by atoms with Crippen LogP contribution in [0.4, 0.5) is 5.00 Å². The number of nitrogens with two attached hydrogens (primary N) is 1. The SMILES string of the molecule is Cc1nsc(N)c1C(=O)O[C@H](C)C(=O)c1c(C)[nH]c2ccccc12. The number of para-hydroxylation sites is 1. The fourth-order valence-corrected chi connectivity index (χ4v) is 3.35. The van der Waals surface area contributed by atoms with E-state index in [0.29, 0.717) is 16.3 Å². The number of fused-ring (bicyclic) bond motifs is 1. The molecule has 24 heavy (non-hydrogen) atoms. The largest absolute Gasteiger partial charge is 0.451 e. The zero-order valence-corrected chi connectivity index (χ0v) is 14.4. The minimum Gasteiger partial charge on any atom is -0.451 e. The molecule has 7 heteroatoms. The number of Topliss-reactive ketones (excluding diaryl/α,β-unsaturated/α-hetero) is 1. The molecule has 3 N–H and O–H groups in total. The second kappa shape index (κ2) is 6.09. The number of nitrogens with one attached hydrogen (secondary N) is 1. The number of benzene rings is 1. The number of aromatic amines is 1. The van der Waals surface area contributed by atoms with Crippen molar-refractivity contribution in [2.45, 2.75) is 26.9 Å². The fourth-order valence-electron chi connectivity index (χ4n) is 2.71. The molecule has 0 radical (unpaired) electrons. The van der Waals surface area contributed by atoms with Gasteiger partial charge in [0.25, 0.3) is 0 Å². The molecule has 0 saturated carbocycles. The lowest BCUT2D eigenvalue weighted by Gasteiger charge is -2.12. The van der Waals surface area contributed by atoms with E-state index >= 15 is 0 Å². The standard InChI is InChI=1S/C17H17N3O3S/c1-8-13(11-6-4-5-7-12(11)19-8)15(21)10(3)23-17(22)14-9(2)20-24-16(14)18/h4-7,10,19H,18H2,1-3H3/t10-/m1/s1. The number of H-pyrrole nitrogens is 1. The van der Waals surface area contributed by atoms with E-state index < -0.39 is 12.1 Å². The average Bonchev–Trinajstić information content (AvgIpc) is 3.05. The highest BCUT2D eigenvalue weighted by atomic mass is 32.1. The molecule has 0 bridgehead atoms. The Bertz CT molecular complexity index is 922. The van der Waals surface area contributed by atoms with Crippen molar-refractivity contribution >= 4 is 39.2 Å². The molecule has 2 aromatic heterocycles. The Morgan fingerprint density at radius 2 is 1.96 bits per heavy atom. The molecule has 1 aromatic carbocycles. The third-order valence-corrected chi connectivity index (χ3v) is 4.65. The van der Waals surface area contributed by atoms with Gasteiger partial charge in [-0.2, -0.15) is 4.37 Å². The lowest BCUT2D eigenvalue weighted by molar-refractivity contribution is 0.0319. The summed E-state index contributed by atoms with van der Waals surface area (Å²) in [5.41, 5.74) is 8.65. The number of aryl methyl sites for hydroxylation is 2. The lowest BCUT2D eigenvalue weighted by atomic mass is 10.0. The summed E-state index contributed by atoms with van der Waals surface area (Å²) in [5.74, 6) is -0.880. The fraction of sp³-hybridized carbons (Fsp3) is 0.235. The van der Waals surface area contributed by atoms with Gasteiger partial charge in [-0.05, 0) is 38.4 Å². The van der Waals surface area contributed by atoms with Crippen LogP contribution in [-0.4, -0.2) is 27.2 Å². The molecule has 0 unspecified atom stereocenters. The summed E-state index contributed by atoms with van der Waals surface area (Å²) < 4.78 is 9.35. The first kappa shape index (κ1) is 16.2. The quantitative estimate of drug-likeness (QED) is 0.560. The first-order valence-electron chi connectivity index (χ1n) is 7.44. The van der Waals surface area contributed by atoms with Crippen LogP contribution in [0.25, 0.3) is 10.9 Å². The summed E-state index contributed by atoms with van der Waals surface area (Å²) in [6, 6.07) is 7.53. The molecule has 0 amide bonds. The van der Waals surface area contributed by atoms with E-state index in [1.807, 2.05) is 31.2 Å². The van der Waals surface area contributed by atoms with Crippen molar-refractivity contribution in [3.63, 3.8) is 0 Å². The highest BCUT2D eigenvalue weighted by Gasteiger charge is 2.27. The Balaban J connectivity index is 1.87. The lowest BCUT2D eigenvalue weighted by Crippen LogP contribution is -2.25. The number of carbonyl (C=O) groups excluding carboxylic acids is 2. The van der Waals surface area contributed by atoms with Crippen LogP contribution in [0.5, 0.6) is 0 Å². The number of anilines is 1. The van der Waals surface area contributed by atoms with E-state index in [1.165, 1.54) is 0 Å². The van der Waals surface area contributed by atoms with Gasteiger partial charge in [0.15, 0.2) is 6.10 Å². The van der Waals surface area contributed by atoms with Crippen LogP contribution in [0.15, 0.2) is 24.3 Å². The number of hydrogen-bond acceptors (Lipinski definition) is 6. The molecule has 0 fully saturated rings. The Kier molecular flexibility index (Phi) is 4.11. The molecule has 2 heterocycles. The van der Waals surface area contributed by atoms with Crippen LogP contribution in [-0.2, 0) is 4.74 Å². The zero-order chi connectivity index (χ0) is 17.4. The van der Waals surface area contributed by atoms with Crippen LogP contribution in [0.3, 0.4) is 0 Å². The van der Waals surface area contributed by atoms with Gasteiger partial charge < -0.3 is 15.5 Å². The van der Waals surface area contributed by atoms with Crippen molar-refractivity contribution in [2.24, 2.45) is 0 Å². The predicted molar refractivity (Wildman–Crippen MR) is 93.5 cm³/mol. The number of ketones is 1. The number of hydrogen-bond donors (Lipinski definition) is 2. The topological polar surface area (TPSA) is 98.1 Å². The van der Waals surface area contributed by atoms with Crippen molar-refractivity contribution in [3.05, 3.63) is 46.8 Å². The molecule has 1 atom stereocenters. The van der Waals surface area contributed by atoms with Gasteiger partial charge in [-0.25, -0.2) is 4.79 Å². The van der Waals surface area contributed by atoms with Crippen molar-refractivity contribution in [2.75, 3.05) is 5.73 Å². The first-order valence-corrected chi connectivity index (χ1v) is 8.21. The highest BCUT2D eigenvalue weighted by Crippen LogP contribution is 2.25. The first-order chi connectivity index (χ1) is 11.4. The minimum atomic E-state index is -0.922. The van der Waals surface area contributed by atoms with Crippen LogP contribution >= 0.6 is 11.5 Å². The monoisotopic (exact) mass is 343 g/mol. The highest BCUT2D eigenvalue weighted by molar-refractivity contribution is 7.10. The third-order valence-electron chi connectivity index (χ3n) is 3.89. The third kappa shape index (κ3) is 2.67.